The maximum atomic E-state index is 5.70. The van der Waals surface area contributed by atoms with E-state index in [1.54, 1.807) is 6.33 Å². The average Bonchev–Trinajstić information content (AvgIpc) is 2.88. The molecule has 94 valence electrons. The zero-order chi connectivity index (χ0) is 11.9. The first kappa shape index (κ1) is 12.5. The largest absolute Gasteiger partial charge is 0.378 e. The maximum absolute atomic E-state index is 5.70. The number of ether oxygens (including phenoxy) is 1. The van der Waals surface area contributed by atoms with E-state index in [0.29, 0.717) is 12.1 Å². The molecule has 4 nitrogen and oxygen atoms in total. The van der Waals surface area contributed by atoms with Crippen LogP contribution in [-0.2, 0) is 4.74 Å². The summed E-state index contributed by atoms with van der Waals surface area (Å²) in [7, 11) is 0. The van der Waals surface area contributed by atoms with E-state index in [4.69, 9.17) is 4.74 Å². The smallest absolute Gasteiger partial charge is 0.115 e. The third-order valence-corrected chi connectivity index (χ3v) is 3.15. The summed E-state index contributed by atoms with van der Waals surface area (Å²) in [6, 6.07) is 0.319. The van der Waals surface area contributed by atoms with Crippen LogP contribution in [0.1, 0.15) is 44.2 Å². The number of nitrogens with zero attached hydrogens (tertiary/aromatic N) is 2. The molecule has 1 aliphatic heterocycles. The first-order valence-electron chi connectivity index (χ1n) is 6.50. The lowest BCUT2D eigenvalue weighted by molar-refractivity contribution is 0.0945. The monoisotopic (exact) mass is 235 g/mol. The van der Waals surface area contributed by atoms with Crippen LogP contribution in [0.4, 0.5) is 0 Å². The number of rotatable bonds is 6. The van der Waals surface area contributed by atoms with Gasteiger partial charge >= 0.3 is 0 Å². The zero-order valence-corrected chi connectivity index (χ0v) is 10.4. The Balaban J connectivity index is 1.97. The van der Waals surface area contributed by atoms with Gasteiger partial charge in [0.05, 0.1) is 6.10 Å². The molecule has 2 unspecified atom stereocenters. The molecule has 2 heterocycles. The van der Waals surface area contributed by atoms with Gasteiger partial charge in [-0.2, -0.15) is 0 Å². The van der Waals surface area contributed by atoms with Crippen molar-refractivity contribution in [1.29, 1.82) is 0 Å². The minimum atomic E-state index is 0.319. The number of aromatic nitrogens is 2. The van der Waals surface area contributed by atoms with E-state index < -0.39 is 0 Å². The van der Waals surface area contributed by atoms with Crippen LogP contribution in [0.2, 0.25) is 0 Å². The minimum Gasteiger partial charge on any atom is -0.378 e. The van der Waals surface area contributed by atoms with Crippen molar-refractivity contribution in [3.8, 4) is 0 Å². The van der Waals surface area contributed by atoms with Gasteiger partial charge in [-0.15, -0.1) is 0 Å². The first-order valence-corrected chi connectivity index (χ1v) is 6.50. The van der Waals surface area contributed by atoms with Crippen LogP contribution in [0.5, 0.6) is 0 Å². The highest BCUT2D eigenvalue weighted by Gasteiger charge is 2.21. The second kappa shape index (κ2) is 6.67. The number of hydrogen-bond donors (Lipinski definition) is 1. The zero-order valence-electron chi connectivity index (χ0n) is 10.4. The lowest BCUT2D eigenvalue weighted by Gasteiger charge is -2.21. The molecular formula is C13H21N3O. The predicted octanol–water partition coefficient (Wildman–Crippen LogP) is 2.09. The standard InChI is InChI=1S/C13H21N3O/c1-2-5-16-13(7-12-4-3-6-17-12)11-8-14-10-15-9-11/h8-10,12-13,16H,2-7H2,1H3. The van der Waals surface area contributed by atoms with Crippen LogP contribution < -0.4 is 5.32 Å². The van der Waals surface area contributed by atoms with Crippen molar-refractivity contribution in [2.24, 2.45) is 0 Å². The van der Waals surface area contributed by atoms with Gasteiger partial charge in [-0.05, 0) is 32.2 Å². The quantitative estimate of drug-likeness (QED) is 0.820. The maximum Gasteiger partial charge on any atom is 0.115 e. The van der Waals surface area contributed by atoms with E-state index in [0.717, 1.165) is 31.6 Å². The third-order valence-electron chi connectivity index (χ3n) is 3.15. The number of nitrogens with one attached hydrogen (secondary N) is 1. The van der Waals surface area contributed by atoms with Crippen LogP contribution in [0.3, 0.4) is 0 Å². The summed E-state index contributed by atoms with van der Waals surface area (Å²) < 4.78 is 5.70. The molecule has 0 saturated carbocycles. The average molecular weight is 235 g/mol. The molecule has 1 fully saturated rings. The molecule has 0 bridgehead atoms. The van der Waals surface area contributed by atoms with Gasteiger partial charge in [-0.25, -0.2) is 9.97 Å². The molecule has 1 N–H and O–H groups in total. The van der Waals surface area contributed by atoms with Gasteiger partial charge in [-0.1, -0.05) is 6.92 Å². The molecule has 2 rings (SSSR count). The van der Waals surface area contributed by atoms with Gasteiger partial charge in [0.2, 0.25) is 0 Å². The Morgan fingerprint density at radius 3 is 2.94 bits per heavy atom. The highest BCUT2D eigenvalue weighted by atomic mass is 16.5. The Hall–Kier alpha value is -1.00. The van der Waals surface area contributed by atoms with Crippen molar-refractivity contribution in [3.05, 3.63) is 24.3 Å². The molecule has 0 aliphatic carbocycles. The molecule has 1 aliphatic rings. The van der Waals surface area contributed by atoms with E-state index in [9.17, 15) is 0 Å². The van der Waals surface area contributed by atoms with Crippen molar-refractivity contribution in [3.63, 3.8) is 0 Å². The molecule has 0 amide bonds. The van der Waals surface area contributed by atoms with Crippen molar-refractivity contribution in [2.45, 2.75) is 44.8 Å². The van der Waals surface area contributed by atoms with Crippen LogP contribution in [0.15, 0.2) is 18.7 Å². The topological polar surface area (TPSA) is 47.0 Å². The number of hydrogen-bond acceptors (Lipinski definition) is 4. The molecule has 0 aromatic carbocycles. The summed E-state index contributed by atoms with van der Waals surface area (Å²) in [6.07, 6.45) is 10.3. The summed E-state index contributed by atoms with van der Waals surface area (Å²) in [4.78, 5) is 8.19. The lowest BCUT2D eigenvalue weighted by atomic mass is 10.0. The Bertz CT molecular complexity index is 312. The molecular weight excluding hydrogens is 214 g/mol. The molecule has 0 spiro atoms. The fourth-order valence-electron chi connectivity index (χ4n) is 2.24. The molecule has 0 radical (unpaired) electrons. The summed E-state index contributed by atoms with van der Waals surface area (Å²) in [6.45, 7) is 4.11. The van der Waals surface area contributed by atoms with Crippen molar-refractivity contribution in [1.82, 2.24) is 15.3 Å². The minimum absolute atomic E-state index is 0.319. The molecule has 2 atom stereocenters. The Morgan fingerprint density at radius 1 is 1.47 bits per heavy atom. The van der Waals surface area contributed by atoms with Crippen LogP contribution in [0.25, 0.3) is 0 Å². The van der Waals surface area contributed by atoms with Gasteiger partial charge in [0.1, 0.15) is 6.33 Å². The van der Waals surface area contributed by atoms with Crippen LogP contribution in [0, 0.1) is 0 Å². The van der Waals surface area contributed by atoms with E-state index >= 15 is 0 Å². The van der Waals surface area contributed by atoms with E-state index in [2.05, 4.69) is 22.2 Å². The van der Waals surface area contributed by atoms with E-state index in [1.165, 1.54) is 12.8 Å². The summed E-state index contributed by atoms with van der Waals surface area (Å²) in [5, 5.41) is 3.55. The summed E-state index contributed by atoms with van der Waals surface area (Å²) >= 11 is 0. The van der Waals surface area contributed by atoms with E-state index in [1.807, 2.05) is 12.4 Å². The van der Waals surface area contributed by atoms with Crippen LogP contribution in [-0.4, -0.2) is 29.2 Å². The summed E-state index contributed by atoms with van der Waals surface area (Å²) in [5.41, 5.74) is 1.16. The van der Waals surface area contributed by atoms with Gasteiger partial charge in [0, 0.05) is 30.6 Å². The molecule has 17 heavy (non-hydrogen) atoms. The van der Waals surface area contributed by atoms with Crippen molar-refractivity contribution in [2.75, 3.05) is 13.2 Å². The lowest BCUT2D eigenvalue weighted by Crippen LogP contribution is -2.26. The molecule has 1 saturated heterocycles. The second-order valence-electron chi connectivity index (χ2n) is 4.55. The molecule has 4 heteroatoms. The Kier molecular flexibility index (Phi) is 4.88. The SMILES string of the molecule is CCCNC(CC1CCCO1)c1cncnc1. The Morgan fingerprint density at radius 2 is 2.29 bits per heavy atom. The van der Waals surface area contributed by atoms with Gasteiger partial charge in [0.25, 0.3) is 0 Å². The van der Waals surface area contributed by atoms with E-state index in [-0.39, 0.29) is 0 Å². The molecule has 1 aromatic heterocycles. The fourth-order valence-corrected chi connectivity index (χ4v) is 2.24. The Labute approximate surface area is 103 Å². The fraction of sp³-hybridized carbons (Fsp3) is 0.692. The van der Waals surface area contributed by atoms with Gasteiger partial charge < -0.3 is 10.1 Å². The predicted molar refractivity (Wildman–Crippen MR) is 66.7 cm³/mol. The highest BCUT2D eigenvalue weighted by molar-refractivity contribution is 5.09. The normalized spacial score (nSPS) is 21.6. The van der Waals surface area contributed by atoms with Gasteiger partial charge in [-0.3, -0.25) is 0 Å². The van der Waals surface area contributed by atoms with Crippen LogP contribution >= 0.6 is 0 Å². The molecule has 1 aromatic rings. The summed E-state index contributed by atoms with van der Waals surface area (Å²) in [5.74, 6) is 0. The first-order chi connectivity index (χ1) is 8.40. The highest BCUT2D eigenvalue weighted by Crippen LogP contribution is 2.24. The van der Waals surface area contributed by atoms with Gasteiger partial charge in [0.15, 0.2) is 0 Å². The van der Waals surface area contributed by atoms with Crippen molar-refractivity contribution >= 4 is 0 Å². The van der Waals surface area contributed by atoms with Crippen molar-refractivity contribution < 1.29 is 4.74 Å². The second-order valence-corrected chi connectivity index (χ2v) is 4.55. The third kappa shape index (κ3) is 3.75.